The Hall–Kier alpha value is -2.17. The van der Waals surface area contributed by atoms with Crippen LogP contribution in [0, 0.1) is 6.92 Å². The van der Waals surface area contributed by atoms with Gasteiger partial charge in [0.15, 0.2) is 0 Å². The number of rotatable bonds is 4. The summed E-state index contributed by atoms with van der Waals surface area (Å²) in [5, 5.41) is 3.03. The Morgan fingerprint density at radius 2 is 2.11 bits per heavy atom. The third kappa shape index (κ3) is 2.94. The summed E-state index contributed by atoms with van der Waals surface area (Å²) >= 11 is 0. The molecular weight excluding hydrogens is 228 g/mol. The molecule has 0 spiro atoms. The van der Waals surface area contributed by atoms with E-state index in [1.165, 1.54) is 0 Å². The summed E-state index contributed by atoms with van der Waals surface area (Å²) in [4.78, 5) is 13.0. The molecule has 0 aromatic carbocycles. The van der Waals surface area contributed by atoms with Crippen molar-refractivity contribution in [3.8, 4) is 5.88 Å². The smallest absolute Gasteiger partial charge is 0.212 e. The first-order valence-electron chi connectivity index (χ1n) is 5.72. The second-order valence-corrected chi connectivity index (χ2v) is 3.95. The Balaban J connectivity index is 2.19. The molecular formula is C13H16N4O. The van der Waals surface area contributed by atoms with Crippen LogP contribution in [0.1, 0.15) is 17.1 Å². The molecule has 0 aliphatic rings. The second kappa shape index (κ2) is 5.44. The number of nitrogens with one attached hydrogen (secondary N) is 1. The maximum absolute atomic E-state index is 5.02. The van der Waals surface area contributed by atoms with Crippen LogP contribution in [0.25, 0.3) is 0 Å². The van der Waals surface area contributed by atoms with Gasteiger partial charge in [-0.15, -0.1) is 0 Å². The van der Waals surface area contributed by atoms with E-state index < -0.39 is 0 Å². The van der Waals surface area contributed by atoms with Crippen molar-refractivity contribution in [1.29, 1.82) is 0 Å². The zero-order valence-electron chi connectivity index (χ0n) is 10.8. The van der Waals surface area contributed by atoms with Gasteiger partial charge < -0.3 is 10.1 Å². The number of methoxy groups -OCH3 is 1. The summed E-state index contributed by atoms with van der Waals surface area (Å²) in [6.07, 6.45) is 2.44. The van der Waals surface area contributed by atoms with E-state index in [0.717, 1.165) is 22.9 Å². The zero-order valence-corrected chi connectivity index (χ0v) is 10.8. The Kier molecular flexibility index (Phi) is 3.72. The molecule has 2 rings (SSSR count). The van der Waals surface area contributed by atoms with Crippen LogP contribution in [0.3, 0.4) is 0 Å². The maximum Gasteiger partial charge on any atom is 0.212 e. The van der Waals surface area contributed by atoms with Crippen molar-refractivity contribution in [2.45, 2.75) is 13.3 Å². The summed E-state index contributed by atoms with van der Waals surface area (Å²) in [6, 6.07) is 5.72. The van der Waals surface area contributed by atoms with Crippen LogP contribution >= 0.6 is 0 Å². The van der Waals surface area contributed by atoms with Crippen molar-refractivity contribution in [3.63, 3.8) is 0 Å². The molecule has 0 saturated carbocycles. The van der Waals surface area contributed by atoms with E-state index in [4.69, 9.17) is 4.74 Å². The van der Waals surface area contributed by atoms with Gasteiger partial charge in [0.2, 0.25) is 5.88 Å². The standard InChI is InChI=1S/C13H16N4O/c1-9-6-11(14-2)17-12(16-9)7-10-4-5-13(18-3)15-8-10/h4-6,8H,7H2,1-3H3,(H,14,16,17). The molecule has 5 heteroatoms. The van der Waals surface area contributed by atoms with Crippen molar-refractivity contribution in [2.75, 3.05) is 19.5 Å². The number of aromatic nitrogens is 3. The van der Waals surface area contributed by atoms with Crippen molar-refractivity contribution in [3.05, 3.63) is 41.5 Å². The first-order valence-corrected chi connectivity index (χ1v) is 5.72. The van der Waals surface area contributed by atoms with E-state index in [2.05, 4.69) is 20.3 Å². The minimum absolute atomic E-state index is 0.611. The Labute approximate surface area is 106 Å². The lowest BCUT2D eigenvalue weighted by Gasteiger charge is -2.06. The quantitative estimate of drug-likeness (QED) is 0.889. The predicted octanol–water partition coefficient (Wildman–Crippen LogP) is 1.82. The Morgan fingerprint density at radius 1 is 1.28 bits per heavy atom. The topological polar surface area (TPSA) is 59.9 Å². The van der Waals surface area contributed by atoms with Gasteiger partial charge in [0, 0.05) is 37.5 Å². The van der Waals surface area contributed by atoms with Crippen molar-refractivity contribution < 1.29 is 4.74 Å². The zero-order chi connectivity index (χ0) is 13.0. The molecule has 0 saturated heterocycles. The fraction of sp³-hybridized carbons (Fsp3) is 0.308. The molecule has 2 aromatic heterocycles. The third-order valence-electron chi connectivity index (χ3n) is 2.53. The monoisotopic (exact) mass is 244 g/mol. The third-order valence-corrected chi connectivity index (χ3v) is 2.53. The highest BCUT2D eigenvalue weighted by molar-refractivity contribution is 5.35. The van der Waals surface area contributed by atoms with Crippen LogP contribution in [0.5, 0.6) is 5.88 Å². The normalized spacial score (nSPS) is 10.2. The maximum atomic E-state index is 5.02. The molecule has 1 N–H and O–H groups in total. The fourth-order valence-electron chi connectivity index (χ4n) is 1.66. The van der Waals surface area contributed by atoms with Crippen LogP contribution in [0.2, 0.25) is 0 Å². The average molecular weight is 244 g/mol. The van der Waals surface area contributed by atoms with E-state index in [0.29, 0.717) is 12.3 Å². The van der Waals surface area contributed by atoms with Gasteiger partial charge in [0.05, 0.1) is 7.11 Å². The van der Waals surface area contributed by atoms with Gasteiger partial charge in [0.25, 0.3) is 0 Å². The van der Waals surface area contributed by atoms with Crippen LogP contribution in [-0.4, -0.2) is 29.1 Å². The van der Waals surface area contributed by atoms with Crippen molar-refractivity contribution in [1.82, 2.24) is 15.0 Å². The largest absolute Gasteiger partial charge is 0.481 e. The summed E-state index contributed by atoms with van der Waals surface area (Å²) in [5.74, 6) is 2.23. The molecule has 0 aliphatic carbocycles. The first-order chi connectivity index (χ1) is 8.71. The van der Waals surface area contributed by atoms with Gasteiger partial charge >= 0.3 is 0 Å². The summed E-state index contributed by atoms with van der Waals surface area (Å²) < 4.78 is 5.02. The van der Waals surface area contributed by atoms with Crippen molar-refractivity contribution in [2.24, 2.45) is 0 Å². The number of aryl methyl sites for hydroxylation is 1. The molecule has 0 fully saturated rings. The summed E-state index contributed by atoms with van der Waals surface area (Å²) in [5.41, 5.74) is 2.01. The molecule has 18 heavy (non-hydrogen) atoms. The second-order valence-electron chi connectivity index (χ2n) is 3.95. The SMILES string of the molecule is CNc1cc(C)nc(Cc2ccc(OC)nc2)n1. The molecule has 0 radical (unpaired) electrons. The van der Waals surface area contributed by atoms with E-state index >= 15 is 0 Å². The highest BCUT2D eigenvalue weighted by atomic mass is 16.5. The molecule has 5 nitrogen and oxygen atoms in total. The molecule has 0 bridgehead atoms. The highest BCUT2D eigenvalue weighted by Gasteiger charge is 2.03. The van der Waals surface area contributed by atoms with E-state index in [1.807, 2.05) is 32.2 Å². The minimum atomic E-state index is 0.611. The van der Waals surface area contributed by atoms with Gasteiger partial charge in [-0.05, 0) is 12.5 Å². The van der Waals surface area contributed by atoms with E-state index in [1.54, 1.807) is 13.3 Å². The molecule has 2 heterocycles. The highest BCUT2D eigenvalue weighted by Crippen LogP contribution is 2.12. The molecule has 0 atom stereocenters. The van der Waals surface area contributed by atoms with Gasteiger partial charge in [-0.2, -0.15) is 0 Å². The molecule has 2 aromatic rings. The van der Waals surface area contributed by atoms with Crippen molar-refractivity contribution >= 4 is 5.82 Å². The van der Waals surface area contributed by atoms with Gasteiger partial charge in [-0.1, -0.05) is 6.07 Å². The molecule has 0 amide bonds. The van der Waals surface area contributed by atoms with E-state index in [-0.39, 0.29) is 0 Å². The average Bonchev–Trinajstić information content (AvgIpc) is 2.39. The van der Waals surface area contributed by atoms with Crippen LogP contribution in [0.15, 0.2) is 24.4 Å². The lowest BCUT2D eigenvalue weighted by molar-refractivity contribution is 0.397. The van der Waals surface area contributed by atoms with Gasteiger partial charge in [-0.3, -0.25) is 0 Å². The van der Waals surface area contributed by atoms with Gasteiger partial charge in [0.1, 0.15) is 11.6 Å². The Bertz CT molecular complexity index is 525. The van der Waals surface area contributed by atoms with Gasteiger partial charge in [-0.25, -0.2) is 15.0 Å². The predicted molar refractivity (Wildman–Crippen MR) is 69.9 cm³/mol. The molecule has 0 unspecified atom stereocenters. The van der Waals surface area contributed by atoms with Crippen LogP contribution in [-0.2, 0) is 6.42 Å². The number of ether oxygens (including phenoxy) is 1. The summed E-state index contributed by atoms with van der Waals surface area (Å²) in [6.45, 7) is 1.96. The van der Waals surface area contributed by atoms with Crippen LogP contribution in [0.4, 0.5) is 5.82 Å². The lowest BCUT2D eigenvalue weighted by atomic mass is 10.2. The number of anilines is 1. The first kappa shape index (κ1) is 12.3. The summed E-state index contributed by atoms with van der Waals surface area (Å²) in [7, 11) is 3.45. The Morgan fingerprint density at radius 3 is 2.72 bits per heavy atom. The number of nitrogens with zero attached hydrogens (tertiary/aromatic N) is 3. The minimum Gasteiger partial charge on any atom is -0.481 e. The number of pyridine rings is 1. The molecule has 94 valence electrons. The number of hydrogen-bond acceptors (Lipinski definition) is 5. The fourth-order valence-corrected chi connectivity index (χ4v) is 1.66. The number of hydrogen-bond donors (Lipinski definition) is 1. The molecule has 0 aliphatic heterocycles. The lowest BCUT2D eigenvalue weighted by Crippen LogP contribution is -2.02. The van der Waals surface area contributed by atoms with Crippen LogP contribution < -0.4 is 10.1 Å². The van der Waals surface area contributed by atoms with E-state index in [9.17, 15) is 0 Å².